The lowest BCUT2D eigenvalue weighted by Crippen LogP contribution is -2.11. The first kappa shape index (κ1) is 6.61. The molecule has 1 amide bonds. The van der Waals surface area contributed by atoms with Crippen molar-refractivity contribution < 1.29 is 19.7 Å². The second kappa shape index (κ2) is 2.73. The zero-order chi connectivity index (χ0) is 6.57. The Balaban J connectivity index is 3.65. The second-order valence-corrected chi connectivity index (χ2v) is 0.823. The molecule has 0 atom stereocenters. The van der Waals surface area contributed by atoms with Crippen molar-refractivity contribution in [1.82, 2.24) is 0 Å². The summed E-state index contributed by atoms with van der Waals surface area (Å²) in [5.41, 5.74) is 0. The van der Waals surface area contributed by atoms with Crippen LogP contribution in [0.5, 0.6) is 0 Å². The quantitative estimate of drug-likeness (QED) is 0.308. The lowest BCUT2D eigenvalue weighted by atomic mass is 11.1. The van der Waals surface area contributed by atoms with Gasteiger partial charge in [0.15, 0.2) is 0 Å². The van der Waals surface area contributed by atoms with Gasteiger partial charge in [-0.25, -0.2) is 5.21 Å². The third-order valence-corrected chi connectivity index (χ3v) is 0.340. The van der Waals surface area contributed by atoms with E-state index in [2.05, 4.69) is 11.3 Å². The molecule has 1 N–H and O–H groups in total. The van der Waals surface area contributed by atoms with E-state index in [9.17, 15) is 9.70 Å². The zero-order valence-corrected chi connectivity index (χ0v) is 3.90. The molecule has 5 nitrogen and oxygen atoms in total. The molecule has 0 heterocycles. The zero-order valence-electron chi connectivity index (χ0n) is 3.90. The van der Waals surface area contributed by atoms with E-state index in [1.165, 1.54) is 0 Å². The van der Waals surface area contributed by atoms with Gasteiger partial charge in [-0.05, 0) is 0 Å². The minimum atomic E-state index is -1.40. The lowest BCUT2D eigenvalue weighted by Gasteiger charge is -1.77. The number of nitrogens with zero attached hydrogens (tertiary/aromatic N) is 1. The minimum absolute atomic E-state index is 0.740. The predicted octanol–water partition coefficient (Wildman–Crippen LogP) is 0.435. The first-order valence-electron chi connectivity index (χ1n) is 1.66. The molecule has 0 saturated carbocycles. The molecule has 0 saturated heterocycles. The van der Waals surface area contributed by atoms with Crippen LogP contribution >= 0.6 is 0 Å². The van der Waals surface area contributed by atoms with E-state index in [4.69, 9.17) is 5.21 Å². The summed E-state index contributed by atoms with van der Waals surface area (Å²) in [5, 5.41) is 7.71. The van der Waals surface area contributed by atoms with Gasteiger partial charge in [0.05, 0.1) is 11.2 Å². The molecule has 0 aromatic carbocycles. The van der Waals surface area contributed by atoms with Crippen molar-refractivity contribution in [2.24, 2.45) is 0 Å². The Kier molecular flexibility index (Phi) is 2.25. The Labute approximate surface area is 44.7 Å². The van der Waals surface area contributed by atoms with Gasteiger partial charge in [0.25, 0.3) is 0 Å². The fourth-order valence-electron chi connectivity index (χ4n) is 0.116. The van der Waals surface area contributed by atoms with Crippen molar-refractivity contribution in [3.05, 3.63) is 17.7 Å². The van der Waals surface area contributed by atoms with Crippen molar-refractivity contribution in [3.63, 3.8) is 0 Å². The summed E-state index contributed by atoms with van der Waals surface area (Å²) in [6.07, 6.45) is -0.663. The molecule has 0 aliphatic carbocycles. The molecule has 0 bridgehead atoms. The van der Waals surface area contributed by atoms with Crippen LogP contribution < -0.4 is 0 Å². The molecule has 0 aliphatic rings. The van der Waals surface area contributed by atoms with Crippen LogP contribution in [0.3, 0.4) is 0 Å². The summed E-state index contributed by atoms with van der Waals surface area (Å²) in [6, 6.07) is 0. The van der Waals surface area contributed by atoms with Crippen LogP contribution in [0.4, 0.5) is 4.79 Å². The van der Waals surface area contributed by atoms with E-state index < -0.39 is 11.0 Å². The molecule has 0 rings (SSSR count). The highest BCUT2D eigenvalue weighted by atomic mass is 16.7. The number of amides is 1. The minimum Gasteiger partial charge on any atom is -0.374 e. The molecular formula is C3H4NO4+. The van der Waals surface area contributed by atoms with Crippen LogP contribution in [-0.2, 0) is 4.74 Å². The SMILES string of the molecule is C=COC(=O)[N+](=O)O. The van der Waals surface area contributed by atoms with Crippen LogP contribution in [0, 0.1) is 4.91 Å². The summed E-state index contributed by atoms with van der Waals surface area (Å²) in [7, 11) is 0. The molecule has 8 heavy (non-hydrogen) atoms. The predicted molar refractivity (Wildman–Crippen MR) is 22.1 cm³/mol. The average molecular weight is 118 g/mol. The highest BCUT2D eigenvalue weighted by Crippen LogP contribution is 1.78. The topological polar surface area (TPSA) is 66.6 Å². The van der Waals surface area contributed by atoms with Crippen molar-refractivity contribution in [1.29, 1.82) is 0 Å². The Morgan fingerprint density at radius 3 is 2.50 bits per heavy atom. The smallest absolute Gasteiger partial charge is 0.374 e. The Morgan fingerprint density at radius 2 is 2.38 bits per heavy atom. The number of hydrogen-bond acceptors (Lipinski definition) is 3. The van der Waals surface area contributed by atoms with Gasteiger partial charge >= 0.3 is 11.0 Å². The Morgan fingerprint density at radius 1 is 1.88 bits per heavy atom. The normalized spacial score (nSPS) is 7.50. The maximum Gasteiger partial charge on any atom is 0.703 e. The number of hydrogen-bond donors (Lipinski definition) is 1. The lowest BCUT2D eigenvalue weighted by molar-refractivity contribution is -0.723. The van der Waals surface area contributed by atoms with E-state index in [0.29, 0.717) is 0 Å². The maximum absolute atomic E-state index is 9.81. The standard InChI is InChI=1S/C3H4NO4/c1-2-8-3(5)4(6)7/h2H,1H2,(H,6,7)/q+1. The van der Waals surface area contributed by atoms with E-state index in [-0.39, 0.29) is 0 Å². The molecule has 0 radical (unpaired) electrons. The second-order valence-electron chi connectivity index (χ2n) is 0.823. The monoisotopic (exact) mass is 118 g/mol. The number of rotatable bonds is 1. The molecule has 0 spiro atoms. The summed E-state index contributed by atoms with van der Waals surface area (Å²) >= 11 is 0. The molecule has 0 aliphatic heterocycles. The summed E-state index contributed by atoms with van der Waals surface area (Å²) < 4.78 is 3.79. The van der Waals surface area contributed by atoms with Crippen LogP contribution in [-0.4, -0.2) is 16.2 Å². The van der Waals surface area contributed by atoms with E-state index in [1.807, 2.05) is 0 Å². The van der Waals surface area contributed by atoms with Gasteiger partial charge in [0.1, 0.15) is 0 Å². The van der Waals surface area contributed by atoms with Crippen molar-refractivity contribution in [2.75, 3.05) is 0 Å². The van der Waals surface area contributed by atoms with Crippen LogP contribution in [0.15, 0.2) is 12.8 Å². The van der Waals surface area contributed by atoms with Gasteiger partial charge in [-0.3, -0.25) is 0 Å². The van der Waals surface area contributed by atoms with Crippen LogP contribution in [0.25, 0.3) is 0 Å². The fraction of sp³-hybridized carbons (Fsp3) is 0. The Hall–Kier alpha value is -1.39. The van der Waals surface area contributed by atoms with Gasteiger partial charge in [0.2, 0.25) is 0 Å². The van der Waals surface area contributed by atoms with Crippen LogP contribution in [0.2, 0.25) is 0 Å². The van der Waals surface area contributed by atoms with E-state index in [0.717, 1.165) is 6.26 Å². The Bertz CT molecular complexity index is 129. The molecule has 44 valence electrons. The third-order valence-electron chi connectivity index (χ3n) is 0.340. The molecule has 5 heteroatoms. The molecule has 0 fully saturated rings. The maximum atomic E-state index is 9.81. The third kappa shape index (κ3) is 1.91. The molecule has 0 unspecified atom stereocenters. The summed E-state index contributed by atoms with van der Waals surface area (Å²) in [4.78, 5) is 18.4. The first-order valence-corrected chi connectivity index (χ1v) is 1.66. The summed E-state index contributed by atoms with van der Waals surface area (Å²) in [5.74, 6) is 0. The highest BCUT2D eigenvalue weighted by Gasteiger charge is 2.22. The van der Waals surface area contributed by atoms with Gasteiger partial charge in [-0.15, -0.1) is 0 Å². The first-order chi connectivity index (χ1) is 3.68. The van der Waals surface area contributed by atoms with E-state index in [1.54, 1.807) is 0 Å². The van der Waals surface area contributed by atoms with Crippen molar-refractivity contribution >= 4 is 6.09 Å². The largest absolute Gasteiger partial charge is 0.703 e. The molecule has 0 aromatic rings. The van der Waals surface area contributed by atoms with Gasteiger partial charge in [0, 0.05) is 0 Å². The van der Waals surface area contributed by atoms with Crippen LogP contribution in [0.1, 0.15) is 0 Å². The number of carbonyl (C=O) groups excluding carboxylic acids is 1. The molecule has 0 aromatic heterocycles. The van der Waals surface area contributed by atoms with E-state index >= 15 is 0 Å². The fourth-order valence-corrected chi connectivity index (χ4v) is 0.116. The number of ether oxygens (including phenoxy) is 1. The number of carbonyl (C=O) groups is 1. The highest BCUT2D eigenvalue weighted by molar-refractivity contribution is 5.56. The van der Waals surface area contributed by atoms with Crippen molar-refractivity contribution in [2.45, 2.75) is 0 Å². The van der Waals surface area contributed by atoms with Crippen molar-refractivity contribution in [3.8, 4) is 0 Å². The molecular weight excluding hydrogens is 114 g/mol. The van der Waals surface area contributed by atoms with Gasteiger partial charge in [-0.2, -0.15) is 4.79 Å². The van der Waals surface area contributed by atoms with Gasteiger partial charge in [-0.1, -0.05) is 6.58 Å². The van der Waals surface area contributed by atoms with Gasteiger partial charge < -0.3 is 4.74 Å². The summed E-state index contributed by atoms with van der Waals surface area (Å²) in [6.45, 7) is 2.96. The average Bonchev–Trinajstić information content (AvgIpc) is 1.67.